The fourth-order valence-electron chi connectivity index (χ4n) is 2.08. The smallest absolute Gasteiger partial charge is 0.304 e. The van der Waals surface area contributed by atoms with Crippen molar-refractivity contribution in [2.75, 3.05) is 0 Å². The third-order valence-electron chi connectivity index (χ3n) is 3.30. The Morgan fingerprint density at radius 3 is 1.72 bits per heavy atom. The Balaban J connectivity index is 2.80. The second kappa shape index (κ2) is 6.19. The molecule has 0 aliphatic heterocycles. The van der Waals surface area contributed by atoms with E-state index in [1.807, 2.05) is 0 Å². The molecule has 0 bridgehead atoms. The summed E-state index contributed by atoms with van der Waals surface area (Å²) in [6.45, 7) is 3.37. The maximum atomic E-state index is 14.4. The molecule has 2 aromatic carbocycles. The van der Waals surface area contributed by atoms with Crippen LogP contribution in [0.4, 0.5) is 26.3 Å². The number of alkyl halides is 2. The van der Waals surface area contributed by atoms with Crippen molar-refractivity contribution in [1.82, 2.24) is 0 Å². The number of rotatable bonds is 4. The highest BCUT2D eigenvalue weighted by atomic mass is 32.2. The van der Waals surface area contributed by atoms with Crippen LogP contribution in [0.2, 0.25) is 0 Å². The molecule has 0 saturated heterocycles. The van der Waals surface area contributed by atoms with E-state index < -0.39 is 55.3 Å². The molecule has 0 saturated carbocycles. The first kappa shape index (κ1) is 19.0. The van der Waals surface area contributed by atoms with Crippen LogP contribution >= 0.6 is 0 Å². The van der Waals surface area contributed by atoms with Crippen molar-refractivity contribution in [3.05, 3.63) is 70.8 Å². The van der Waals surface area contributed by atoms with Gasteiger partial charge in [0.05, 0.1) is 0 Å². The fraction of sp³-hybridized carbons (Fsp3) is 0.0667. The SMILES string of the molecule is C=Cc1ccc(C(F)(F)c2c(F)c(F)c(S(=O)(=O)[O-])c(F)c2F)cc1. The standard InChI is InChI=1S/C15H8F6O3S/c1-2-7-3-5-8(6-4-7)15(20,21)9-10(16)12(18)14(25(22,23)24)13(19)11(9)17/h2-6H,1H2,(H,22,23,24)/p-1. The van der Waals surface area contributed by atoms with Crippen LogP contribution in [0, 0.1) is 23.3 Å². The highest BCUT2D eigenvalue weighted by Crippen LogP contribution is 2.41. The van der Waals surface area contributed by atoms with Crippen LogP contribution in [-0.2, 0) is 16.0 Å². The number of benzene rings is 2. The van der Waals surface area contributed by atoms with Gasteiger partial charge in [-0.3, -0.25) is 0 Å². The largest absolute Gasteiger partial charge is 0.744 e. The van der Waals surface area contributed by atoms with Gasteiger partial charge in [-0.2, -0.15) is 8.78 Å². The summed E-state index contributed by atoms with van der Waals surface area (Å²) in [4.78, 5) is -2.50. The minimum absolute atomic E-state index is 0.380. The molecular formula is C15H7F6O3S-. The normalized spacial score (nSPS) is 12.3. The predicted molar refractivity (Wildman–Crippen MR) is 73.8 cm³/mol. The Bertz CT molecular complexity index is 923. The molecular weight excluding hydrogens is 374 g/mol. The summed E-state index contributed by atoms with van der Waals surface area (Å²) >= 11 is 0. The van der Waals surface area contributed by atoms with Crippen molar-refractivity contribution in [2.24, 2.45) is 0 Å². The van der Waals surface area contributed by atoms with Crippen LogP contribution in [-0.4, -0.2) is 13.0 Å². The lowest BCUT2D eigenvalue weighted by atomic mass is 9.97. The van der Waals surface area contributed by atoms with Gasteiger partial charge in [0.15, 0.2) is 23.3 Å². The molecule has 0 spiro atoms. The van der Waals surface area contributed by atoms with E-state index in [0.29, 0.717) is 5.56 Å². The summed E-state index contributed by atoms with van der Waals surface area (Å²) in [5.74, 6) is -15.3. The van der Waals surface area contributed by atoms with Gasteiger partial charge < -0.3 is 4.55 Å². The fourth-order valence-corrected chi connectivity index (χ4v) is 2.70. The Labute approximate surface area is 138 Å². The van der Waals surface area contributed by atoms with E-state index in [2.05, 4.69) is 6.58 Å². The van der Waals surface area contributed by atoms with E-state index in [9.17, 15) is 39.3 Å². The van der Waals surface area contributed by atoms with Gasteiger partial charge in [0.2, 0.25) is 0 Å². The van der Waals surface area contributed by atoms with Crippen molar-refractivity contribution >= 4 is 16.2 Å². The first-order chi connectivity index (χ1) is 11.4. The Hall–Kier alpha value is -2.33. The Morgan fingerprint density at radius 1 is 0.920 bits per heavy atom. The van der Waals surface area contributed by atoms with Gasteiger partial charge in [0.25, 0.3) is 0 Å². The molecule has 2 aromatic rings. The Morgan fingerprint density at radius 2 is 1.36 bits per heavy atom. The summed E-state index contributed by atoms with van der Waals surface area (Å²) in [5.41, 5.74) is -2.99. The van der Waals surface area contributed by atoms with E-state index in [-0.39, 0.29) is 0 Å². The van der Waals surface area contributed by atoms with Crippen LogP contribution < -0.4 is 0 Å². The van der Waals surface area contributed by atoms with Gasteiger partial charge in [-0.25, -0.2) is 26.0 Å². The second-order valence-electron chi connectivity index (χ2n) is 4.81. The van der Waals surface area contributed by atoms with Gasteiger partial charge in [0, 0.05) is 5.56 Å². The van der Waals surface area contributed by atoms with Crippen molar-refractivity contribution < 1.29 is 39.3 Å². The van der Waals surface area contributed by atoms with Gasteiger partial charge in [-0.05, 0) is 5.56 Å². The maximum absolute atomic E-state index is 14.4. The molecule has 0 fully saturated rings. The summed E-state index contributed by atoms with van der Waals surface area (Å²) < 4.78 is 116. The van der Waals surface area contributed by atoms with Crippen LogP contribution in [0.5, 0.6) is 0 Å². The lowest BCUT2D eigenvalue weighted by molar-refractivity contribution is 0.0325. The summed E-state index contributed by atoms with van der Waals surface area (Å²) in [7, 11) is -5.98. The highest BCUT2D eigenvalue weighted by molar-refractivity contribution is 7.85. The average Bonchev–Trinajstić information content (AvgIpc) is 2.52. The zero-order valence-electron chi connectivity index (χ0n) is 12.0. The van der Waals surface area contributed by atoms with E-state index in [1.165, 1.54) is 6.08 Å². The Kier molecular flexibility index (Phi) is 4.71. The molecule has 0 aliphatic carbocycles. The van der Waals surface area contributed by atoms with Crippen molar-refractivity contribution in [3.8, 4) is 0 Å². The molecule has 0 atom stereocenters. The molecule has 25 heavy (non-hydrogen) atoms. The van der Waals surface area contributed by atoms with E-state index in [0.717, 1.165) is 24.3 Å². The quantitative estimate of drug-likeness (QED) is 0.458. The molecule has 0 radical (unpaired) electrons. The molecule has 0 amide bonds. The summed E-state index contributed by atoms with van der Waals surface area (Å²) in [5, 5.41) is 0. The van der Waals surface area contributed by atoms with Crippen molar-refractivity contribution in [3.63, 3.8) is 0 Å². The number of hydrogen-bond donors (Lipinski definition) is 0. The third kappa shape index (κ3) is 3.14. The van der Waals surface area contributed by atoms with E-state index in [4.69, 9.17) is 0 Å². The number of halogens is 6. The lowest BCUT2D eigenvalue weighted by Crippen LogP contribution is -2.23. The van der Waals surface area contributed by atoms with Crippen LogP contribution in [0.25, 0.3) is 6.08 Å². The minimum Gasteiger partial charge on any atom is -0.744 e. The molecule has 2 rings (SSSR count). The minimum atomic E-state index is -5.98. The monoisotopic (exact) mass is 381 g/mol. The molecule has 0 N–H and O–H groups in total. The van der Waals surface area contributed by atoms with E-state index >= 15 is 0 Å². The first-order valence-corrected chi connectivity index (χ1v) is 7.76. The van der Waals surface area contributed by atoms with Gasteiger partial charge in [-0.1, -0.05) is 36.9 Å². The zero-order valence-corrected chi connectivity index (χ0v) is 12.8. The van der Waals surface area contributed by atoms with Gasteiger partial charge >= 0.3 is 5.92 Å². The summed E-state index contributed by atoms with van der Waals surface area (Å²) in [6.07, 6.45) is 1.29. The second-order valence-corrected chi connectivity index (χ2v) is 6.13. The number of hydrogen-bond acceptors (Lipinski definition) is 3. The van der Waals surface area contributed by atoms with Crippen LogP contribution in [0.1, 0.15) is 16.7 Å². The van der Waals surface area contributed by atoms with Gasteiger partial charge in [-0.15, -0.1) is 0 Å². The topological polar surface area (TPSA) is 57.2 Å². The zero-order chi connectivity index (χ0) is 19.2. The predicted octanol–water partition coefficient (Wildman–Crippen LogP) is 3.93. The summed E-state index contributed by atoms with van der Waals surface area (Å²) in [6, 6.07) is 3.69. The van der Waals surface area contributed by atoms with Gasteiger partial charge in [0.1, 0.15) is 20.6 Å². The van der Waals surface area contributed by atoms with E-state index in [1.54, 1.807) is 0 Å². The molecule has 0 aliphatic rings. The highest BCUT2D eigenvalue weighted by Gasteiger charge is 2.44. The molecule has 10 heteroatoms. The van der Waals surface area contributed by atoms with Crippen LogP contribution in [0.3, 0.4) is 0 Å². The average molecular weight is 381 g/mol. The maximum Gasteiger partial charge on any atom is 0.304 e. The first-order valence-electron chi connectivity index (χ1n) is 6.36. The third-order valence-corrected chi connectivity index (χ3v) is 4.15. The molecule has 0 unspecified atom stereocenters. The molecule has 0 heterocycles. The van der Waals surface area contributed by atoms with Crippen molar-refractivity contribution in [1.29, 1.82) is 0 Å². The van der Waals surface area contributed by atoms with Crippen LogP contribution in [0.15, 0.2) is 35.7 Å². The molecule has 134 valence electrons. The molecule has 3 nitrogen and oxygen atoms in total. The molecule has 0 aromatic heterocycles. The lowest BCUT2D eigenvalue weighted by Gasteiger charge is -2.21. The van der Waals surface area contributed by atoms with Crippen molar-refractivity contribution in [2.45, 2.75) is 10.8 Å².